The predicted octanol–water partition coefficient (Wildman–Crippen LogP) is 3.86. The van der Waals surface area contributed by atoms with E-state index in [1.54, 1.807) is 63.2 Å². The van der Waals surface area contributed by atoms with E-state index in [2.05, 4.69) is 5.32 Å². The quantitative estimate of drug-likeness (QED) is 0.611. The monoisotopic (exact) mass is 438 g/mol. The summed E-state index contributed by atoms with van der Waals surface area (Å²) in [5.74, 6) is -0.981. The molecule has 4 rings (SSSR count). The molecule has 0 aliphatic carbocycles. The lowest BCUT2D eigenvalue weighted by atomic mass is 10.1. The standard InChI is InChI=1S/C23H22N2O5S/c1-4-30-23(27)17-10-7-11-18(14(17)2)24-22(26)15(3)25-19-12-5-8-16-9-6-13-20(21(16)19)31(25,28)29/h5-13,15H,4H2,1-3H3,(H,24,26). The van der Waals surface area contributed by atoms with Crippen molar-refractivity contribution in [2.75, 3.05) is 16.2 Å². The predicted molar refractivity (Wildman–Crippen MR) is 119 cm³/mol. The van der Waals surface area contributed by atoms with Crippen LogP contribution in [0.4, 0.5) is 11.4 Å². The van der Waals surface area contributed by atoms with Crippen molar-refractivity contribution in [1.29, 1.82) is 0 Å². The van der Waals surface area contributed by atoms with Crippen LogP contribution in [0.5, 0.6) is 0 Å². The summed E-state index contributed by atoms with van der Waals surface area (Å²) in [5, 5.41) is 4.18. The minimum atomic E-state index is -3.88. The van der Waals surface area contributed by atoms with Crippen LogP contribution in [0.25, 0.3) is 10.8 Å². The van der Waals surface area contributed by atoms with Gasteiger partial charge in [-0.2, -0.15) is 0 Å². The number of amides is 1. The zero-order valence-corrected chi connectivity index (χ0v) is 18.2. The van der Waals surface area contributed by atoms with Crippen molar-refractivity contribution in [3.05, 3.63) is 65.7 Å². The van der Waals surface area contributed by atoms with Gasteiger partial charge >= 0.3 is 5.97 Å². The lowest BCUT2D eigenvalue weighted by Gasteiger charge is -2.25. The van der Waals surface area contributed by atoms with E-state index in [0.29, 0.717) is 27.9 Å². The maximum atomic E-state index is 13.2. The van der Waals surface area contributed by atoms with Gasteiger partial charge in [-0.15, -0.1) is 0 Å². The first kappa shape index (κ1) is 20.9. The van der Waals surface area contributed by atoms with Crippen LogP contribution >= 0.6 is 0 Å². The van der Waals surface area contributed by atoms with E-state index in [1.807, 2.05) is 12.1 Å². The lowest BCUT2D eigenvalue weighted by molar-refractivity contribution is -0.116. The van der Waals surface area contributed by atoms with Gasteiger partial charge in [-0.1, -0.05) is 30.3 Å². The number of nitrogens with one attached hydrogen (secondary N) is 1. The van der Waals surface area contributed by atoms with Crippen molar-refractivity contribution in [3.8, 4) is 0 Å². The van der Waals surface area contributed by atoms with Gasteiger partial charge in [0.15, 0.2) is 0 Å². The van der Waals surface area contributed by atoms with Gasteiger partial charge in [-0.25, -0.2) is 13.2 Å². The summed E-state index contributed by atoms with van der Waals surface area (Å²) in [6.07, 6.45) is 0. The molecule has 0 radical (unpaired) electrons. The molecular formula is C23H22N2O5S. The Hall–Kier alpha value is -3.39. The number of hydrogen-bond donors (Lipinski definition) is 1. The Balaban J connectivity index is 1.67. The Morgan fingerprint density at radius 1 is 1.06 bits per heavy atom. The molecule has 3 aromatic carbocycles. The first-order chi connectivity index (χ1) is 14.8. The highest BCUT2D eigenvalue weighted by Gasteiger charge is 2.40. The number of benzene rings is 3. The van der Waals surface area contributed by atoms with Crippen LogP contribution in [-0.4, -0.2) is 32.9 Å². The first-order valence-corrected chi connectivity index (χ1v) is 11.3. The molecule has 1 aliphatic rings. The average molecular weight is 439 g/mol. The third-order valence-electron chi connectivity index (χ3n) is 5.44. The molecule has 0 bridgehead atoms. The summed E-state index contributed by atoms with van der Waals surface area (Å²) in [4.78, 5) is 25.4. The highest BCUT2D eigenvalue weighted by Crippen LogP contribution is 2.43. The van der Waals surface area contributed by atoms with Crippen molar-refractivity contribution in [2.45, 2.75) is 31.7 Å². The molecule has 1 unspecified atom stereocenters. The topological polar surface area (TPSA) is 92.8 Å². The Labute approximate surface area is 180 Å². The third-order valence-corrected chi connectivity index (χ3v) is 7.36. The van der Waals surface area contributed by atoms with Crippen LogP contribution in [0.2, 0.25) is 0 Å². The molecule has 1 amide bonds. The Morgan fingerprint density at radius 2 is 1.74 bits per heavy atom. The number of rotatable bonds is 5. The largest absolute Gasteiger partial charge is 0.462 e. The van der Waals surface area contributed by atoms with Crippen molar-refractivity contribution in [3.63, 3.8) is 0 Å². The van der Waals surface area contributed by atoms with Gasteiger partial charge in [0.1, 0.15) is 6.04 Å². The van der Waals surface area contributed by atoms with Crippen LogP contribution in [0, 0.1) is 6.92 Å². The molecule has 31 heavy (non-hydrogen) atoms. The second-order valence-electron chi connectivity index (χ2n) is 7.30. The smallest absolute Gasteiger partial charge is 0.338 e. The zero-order valence-electron chi connectivity index (χ0n) is 17.4. The molecule has 1 aliphatic heterocycles. The molecule has 0 aromatic heterocycles. The summed E-state index contributed by atoms with van der Waals surface area (Å²) in [6.45, 7) is 5.21. The third kappa shape index (κ3) is 3.33. The molecule has 0 saturated carbocycles. The van der Waals surface area contributed by atoms with Crippen molar-refractivity contribution < 1.29 is 22.7 Å². The highest BCUT2D eigenvalue weighted by molar-refractivity contribution is 7.93. The van der Waals surface area contributed by atoms with Gasteiger partial charge in [-0.3, -0.25) is 9.10 Å². The number of carbonyl (C=O) groups excluding carboxylic acids is 2. The molecule has 1 atom stereocenters. The van der Waals surface area contributed by atoms with Crippen LogP contribution in [0.15, 0.2) is 59.5 Å². The summed E-state index contributed by atoms with van der Waals surface area (Å²) in [5.41, 5.74) is 1.80. The fourth-order valence-corrected chi connectivity index (χ4v) is 5.75. The normalized spacial score (nSPS) is 15.0. The molecule has 0 fully saturated rings. The molecular weight excluding hydrogens is 416 g/mol. The summed E-state index contributed by atoms with van der Waals surface area (Å²) >= 11 is 0. The number of nitrogens with zero attached hydrogens (tertiary/aromatic N) is 1. The summed E-state index contributed by atoms with van der Waals surface area (Å²) in [6, 6.07) is 14.3. The highest BCUT2D eigenvalue weighted by atomic mass is 32.2. The minimum absolute atomic E-state index is 0.195. The fourth-order valence-electron chi connectivity index (χ4n) is 3.88. The van der Waals surface area contributed by atoms with Crippen molar-refractivity contribution >= 4 is 44.0 Å². The van der Waals surface area contributed by atoms with Gasteiger partial charge in [0, 0.05) is 11.1 Å². The number of sulfonamides is 1. The first-order valence-electron chi connectivity index (χ1n) is 9.91. The zero-order chi connectivity index (χ0) is 22.3. The van der Waals surface area contributed by atoms with Gasteiger partial charge in [0.2, 0.25) is 5.91 Å². The second kappa shape index (κ2) is 7.70. The fraction of sp³-hybridized carbons (Fsp3) is 0.217. The van der Waals surface area contributed by atoms with Gasteiger partial charge in [0.05, 0.1) is 22.8 Å². The maximum absolute atomic E-state index is 13.2. The van der Waals surface area contributed by atoms with E-state index in [9.17, 15) is 18.0 Å². The molecule has 0 spiro atoms. The Bertz CT molecular complexity index is 1310. The second-order valence-corrected chi connectivity index (χ2v) is 9.08. The van der Waals surface area contributed by atoms with E-state index in [4.69, 9.17) is 4.74 Å². The molecule has 8 heteroatoms. The van der Waals surface area contributed by atoms with Crippen LogP contribution < -0.4 is 9.62 Å². The van der Waals surface area contributed by atoms with E-state index in [1.165, 1.54) is 0 Å². The summed E-state index contributed by atoms with van der Waals surface area (Å²) < 4.78 is 32.7. The van der Waals surface area contributed by atoms with Crippen molar-refractivity contribution in [2.24, 2.45) is 0 Å². The maximum Gasteiger partial charge on any atom is 0.338 e. The Kier molecular flexibility index (Phi) is 5.18. The van der Waals surface area contributed by atoms with Gasteiger partial charge in [-0.05, 0) is 56.0 Å². The minimum Gasteiger partial charge on any atom is -0.462 e. The van der Waals surface area contributed by atoms with Crippen LogP contribution in [0.3, 0.4) is 0 Å². The number of esters is 1. The molecule has 1 N–H and O–H groups in total. The van der Waals surface area contributed by atoms with E-state index in [-0.39, 0.29) is 11.5 Å². The summed E-state index contributed by atoms with van der Waals surface area (Å²) in [7, 11) is -3.88. The van der Waals surface area contributed by atoms with E-state index in [0.717, 1.165) is 9.69 Å². The Morgan fingerprint density at radius 3 is 2.45 bits per heavy atom. The molecule has 3 aromatic rings. The van der Waals surface area contributed by atoms with E-state index < -0.39 is 27.9 Å². The van der Waals surface area contributed by atoms with E-state index >= 15 is 0 Å². The number of anilines is 2. The average Bonchev–Trinajstić information content (AvgIpc) is 2.97. The van der Waals surface area contributed by atoms with Gasteiger partial charge < -0.3 is 10.1 Å². The molecule has 160 valence electrons. The number of ether oxygens (including phenoxy) is 1. The SMILES string of the molecule is CCOC(=O)c1cccc(NC(=O)C(C)N2c3cccc4cccc(c34)S2(=O)=O)c1C. The van der Waals surface area contributed by atoms with Crippen molar-refractivity contribution in [1.82, 2.24) is 0 Å². The molecule has 0 saturated heterocycles. The number of hydrogen-bond acceptors (Lipinski definition) is 5. The lowest BCUT2D eigenvalue weighted by Crippen LogP contribution is -2.44. The molecule has 7 nitrogen and oxygen atoms in total. The molecule has 1 heterocycles. The van der Waals surface area contributed by atoms with Crippen LogP contribution in [-0.2, 0) is 19.6 Å². The van der Waals surface area contributed by atoms with Gasteiger partial charge in [0.25, 0.3) is 10.0 Å². The number of carbonyl (C=O) groups is 2. The van der Waals surface area contributed by atoms with Crippen LogP contribution in [0.1, 0.15) is 29.8 Å².